The molecule has 1 rings (SSSR count). The summed E-state index contributed by atoms with van der Waals surface area (Å²) in [6.07, 6.45) is 4.23. The molecule has 0 aliphatic heterocycles. The molecule has 1 atom stereocenters. The molecule has 1 aliphatic rings. The van der Waals surface area contributed by atoms with Crippen molar-refractivity contribution in [3.63, 3.8) is 0 Å². The molecule has 0 unspecified atom stereocenters. The second-order valence-electron chi connectivity index (χ2n) is 5.21. The first-order chi connectivity index (χ1) is 8.82. The van der Waals surface area contributed by atoms with E-state index in [1.165, 1.54) is 0 Å². The number of carboxylic acid groups (broad SMARTS) is 2. The highest BCUT2D eigenvalue weighted by molar-refractivity contribution is 5.86. The maximum atomic E-state index is 11.7. The Morgan fingerprint density at radius 2 is 1.74 bits per heavy atom. The molecule has 0 aromatic carbocycles. The molecule has 2 amide bonds. The molecular formula is C12H20N2O5. The first-order valence-electron chi connectivity index (χ1n) is 6.36. The van der Waals surface area contributed by atoms with Gasteiger partial charge in [-0.3, -0.25) is 4.79 Å². The number of nitrogens with one attached hydrogen (secondary N) is 2. The molecule has 4 N–H and O–H groups in total. The summed E-state index contributed by atoms with van der Waals surface area (Å²) in [6.45, 7) is 1.92. The Kier molecular flexibility index (Phi) is 5.14. The van der Waals surface area contributed by atoms with Crippen LogP contribution < -0.4 is 10.6 Å². The Balaban J connectivity index is 2.52. The molecule has 0 heterocycles. The fourth-order valence-electron chi connectivity index (χ4n) is 2.30. The zero-order chi connectivity index (χ0) is 14.5. The summed E-state index contributed by atoms with van der Waals surface area (Å²) in [7, 11) is 0. The van der Waals surface area contributed by atoms with Crippen LogP contribution in [-0.2, 0) is 9.59 Å². The van der Waals surface area contributed by atoms with E-state index in [1.54, 1.807) is 0 Å². The normalized spacial score (nSPS) is 19.2. The molecule has 0 saturated heterocycles. The van der Waals surface area contributed by atoms with Crippen LogP contribution >= 0.6 is 0 Å². The lowest BCUT2D eigenvalue weighted by molar-refractivity contribution is -0.145. The second kappa shape index (κ2) is 6.40. The van der Waals surface area contributed by atoms with Gasteiger partial charge in [0, 0.05) is 5.54 Å². The fraction of sp³-hybridized carbons (Fsp3) is 0.750. The maximum absolute atomic E-state index is 11.7. The molecule has 7 nitrogen and oxygen atoms in total. The first-order valence-corrected chi connectivity index (χ1v) is 6.36. The van der Waals surface area contributed by atoms with E-state index in [2.05, 4.69) is 10.6 Å². The summed E-state index contributed by atoms with van der Waals surface area (Å²) in [5.74, 6) is -2.62. The molecular weight excluding hydrogens is 252 g/mol. The smallest absolute Gasteiger partial charge is 0.326 e. The quantitative estimate of drug-likeness (QED) is 0.594. The minimum Gasteiger partial charge on any atom is -0.481 e. The number of hydrogen-bond donors (Lipinski definition) is 4. The van der Waals surface area contributed by atoms with E-state index in [0.717, 1.165) is 32.1 Å². The Morgan fingerprint density at radius 1 is 1.16 bits per heavy atom. The van der Waals surface area contributed by atoms with Crippen molar-refractivity contribution < 1.29 is 24.6 Å². The van der Waals surface area contributed by atoms with Crippen molar-refractivity contribution in [1.82, 2.24) is 10.6 Å². The molecule has 0 radical (unpaired) electrons. The lowest BCUT2D eigenvalue weighted by Gasteiger charge is -2.34. The first kappa shape index (κ1) is 15.3. The highest BCUT2D eigenvalue weighted by Crippen LogP contribution is 2.27. The Morgan fingerprint density at radius 3 is 2.21 bits per heavy atom. The van der Waals surface area contributed by atoms with Crippen LogP contribution in [0.1, 0.15) is 45.4 Å². The predicted octanol–water partition coefficient (Wildman–Crippen LogP) is 0.936. The van der Waals surface area contributed by atoms with Crippen molar-refractivity contribution in [2.45, 2.75) is 57.0 Å². The Bertz CT molecular complexity index is 363. The van der Waals surface area contributed by atoms with Gasteiger partial charge >= 0.3 is 18.0 Å². The number of hydrogen-bond acceptors (Lipinski definition) is 3. The molecule has 108 valence electrons. The molecule has 0 bridgehead atoms. The SMILES string of the molecule is CC1(NC(=O)N[C@@H](CC(=O)O)C(=O)O)CCCCC1. The number of amides is 2. The summed E-state index contributed by atoms with van der Waals surface area (Å²) >= 11 is 0. The van der Waals surface area contributed by atoms with Crippen LogP contribution in [0.4, 0.5) is 4.79 Å². The second-order valence-corrected chi connectivity index (χ2v) is 5.21. The van der Waals surface area contributed by atoms with Gasteiger partial charge in [-0.15, -0.1) is 0 Å². The van der Waals surface area contributed by atoms with Gasteiger partial charge in [-0.05, 0) is 19.8 Å². The van der Waals surface area contributed by atoms with E-state index >= 15 is 0 Å². The van der Waals surface area contributed by atoms with Gasteiger partial charge in [0.1, 0.15) is 6.04 Å². The van der Waals surface area contributed by atoms with Gasteiger partial charge in [-0.1, -0.05) is 19.3 Å². The fourth-order valence-corrected chi connectivity index (χ4v) is 2.30. The van der Waals surface area contributed by atoms with Crippen molar-refractivity contribution in [3.05, 3.63) is 0 Å². The van der Waals surface area contributed by atoms with E-state index < -0.39 is 30.4 Å². The van der Waals surface area contributed by atoms with E-state index in [1.807, 2.05) is 6.92 Å². The summed E-state index contributed by atoms with van der Waals surface area (Å²) in [5, 5.41) is 22.4. The number of carboxylic acids is 2. The van der Waals surface area contributed by atoms with Crippen LogP contribution in [0, 0.1) is 0 Å². The lowest BCUT2D eigenvalue weighted by Crippen LogP contribution is -2.54. The standard InChI is InChI=1S/C12H20N2O5/c1-12(5-3-2-4-6-12)14-11(19)13-8(10(17)18)7-9(15)16/h8H,2-7H2,1H3,(H,15,16)(H,17,18)(H2,13,14,19)/t8-/m0/s1. The largest absolute Gasteiger partial charge is 0.481 e. The minimum atomic E-state index is -1.41. The number of rotatable bonds is 5. The molecule has 7 heteroatoms. The zero-order valence-electron chi connectivity index (χ0n) is 10.9. The Hall–Kier alpha value is -1.79. The summed E-state index contributed by atoms with van der Waals surface area (Å²) < 4.78 is 0. The molecule has 1 aliphatic carbocycles. The summed E-state index contributed by atoms with van der Waals surface area (Å²) in [4.78, 5) is 33.1. The third kappa shape index (κ3) is 5.15. The number of carbonyl (C=O) groups excluding carboxylic acids is 1. The van der Waals surface area contributed by atoms with E-state index in [9.17, 15) is 14.4 Å². The molecule has 0 aromatic heterocycles. The average molecular weight is 272 g/mol. The van der Waals surface area contributed by atoms with Gasteiger partial charge in [0.05, 0.1) is 6.42 Å². The van der Waals surface area contributed by atoms with Crippen LogP contribution in [0.2, 0.25) is 0 Å². The highest BCUT2D eigenvalue weighted by Gasteiger charge is 2.30. The topological polar surface area (TPSA) is 116 Å². The molecule has 1 saturated carbocycles. The molecule has 1 fully saturated rings. The van der Waals surface area contributed by atoms with Crippen LogP contribution in [-0.4, -0.2) is 39.8 Å². The van der Waals surface area contributed by atoms with Crippen LogP contribution in [0.15, 0.2) is 0 Å². The summed E-state index contributed by atoms with van der Waals surface area (Å²) in [6, 6.07) is -2.04. The van der Waals surface area contributed by atoms with Crippen LogP contribution in [0.5, 0.6) is 0 Å². The monoisotopic (exact) mass is 272 g/mol. The lowest BCUT2D eigenvalue weighted by atomic mass is 9.83. The minimum absolute atomic E-state index is 0.339. The van der Waals surface area contributed by atoms with Gasteiger partial charge in [0.15, 0.2) is 0 Å². The van der Waals surface area contributed by atoms with Crippen molar-refractivity contribution in [2.24, 2.45) is 0 Å². The third-order valence-electron chi connectivity index (χ3n) is 3.35. The van der Waals surface area contributed by atoms with E-state index in [-0.39, 0.29) is 5.54 Å². The van der Waals surface area contributed by atoms with Gasteiger partial charge in [-0.2, -0.15) is 0 Å². The number of aliphatic carboxylic acids is 2. The maximum Gasteiger partial charge on any atom is 0.326 e. The molecule has 19 heavy (non-hydrogen) atoms. The van der Waals surface area contributed by atoms with Crippen LogP contribution in [0.3, 0.4) is 0 Å². The summed E-state index contributed by atoms with van der Waals surface area (Å²) in [5.41, 5.74) is -0.339. The third-order valence-corrected chi connectivity index (χ3v) is 3.35. The average Bonchev–Trinajstić information content (AvgIpc) is 2.27. The Labute approximate surface area is 111 Å². The highest BCUT2D eigenvalue weighted by atomic mass is 16.4. The predicted molar refractivity (Wildman–Crippen MR) is 66.8 cm³/mol. The molecule has 0 spiro atoms. The van der Waals surface area contributed by atoms with Gasteiger partial charge in [-0.25, -0.2) is 9.59 Å². The van der Waals surface area contributed by atoms with E-state index in [4.69, 9.17) is 10.2 Å². The van der Waals surface area contributed by atoms with Gasteiger partial charge in [0.2, 0.25) is 0 Å². The van der Waals surface area contributed by atoms with Gasteiger partial charge in [0.25, 0.3) is 0 Å². The van der Waals surface area contributed by atoms with Gasteiger partial charge < -0.3 is 20.8 Å². The van der Waals surface area contributed by atoms with E-state index in [0.29, 0.717) is 0 Å². The van der Waals surface area contributed by atoms with Crippen LogP contribution in [0.25, 0.3) is 0 Å². The van der Waals surface area contributed by atoms with Crippen molar-refractivity contribution in [2.75, 3.05) is 0 Å². The van der Waals surface area contributed by atoms with Crippen molar-refractivity contribution in [1.29, 1.82) is 0 Å². The number of carbonyl (C=O) groups is 3. The van der Waals surface area contributed by atoms with Crippen molar-refractivity contribution >= 4 is 18.0 Å². The molecule has 0 aromatic rings. The number of urea groups is 1. The van der Waals surface area contributed by atoms with Crippen molar-refractivity contribution in [3.8, 4) is 0 Å². The zero-order valence-corrected chi connectivity index (χ0v) is 10.9.